The van der Waals surface area contributed by atoms with Gasteiger partial charge < -0.3 is 9.15 Å². The summed E-state index contributed by atoms with van der Waals surface area (Å²) in [7, 11) is 0. The van der Waals surface area contributed by atoms with E-state index in [-0.39, 0.29) is 11.4 Å². The largest absolute Gasteiger partial charge is 0.444 e. The average molecular weight is 368 g/mol. The van der Waals surface area contributed by atoms with Crippen LogP contribution in [0.5, 0.6) is 5.75 Å². The third kappa shape index (κ3) is 3.12. The van der Waals surface area contributed by atoms with Gasteiger partial charge >= 0.3 is 5.63 Å². The maximum atomic E-state index is 13.1. The van der Waals surface area contributed by atoms with Crippen LogP contribution >= 0.6 is 0 Å². The summed E-state index contributed by atoms with van der Waals surface area (Å²) in [6, 6.07) is 8.70. The molecule has 1 aromatic heterocycles. The lowest BCUT2D eigenvalue weighted by Gasteiger charge is -2.28. The van der Waals surface area contributed by atoms with Gasteiger partial charge in [-0.2, -0.15) is 0 Å². The van der Waals surface area contributed by atoms with Crippen LogP contribution in [0.3, 0.4) is 0 Å². The normalized spacial score (nSPS) is 16.2. The Bertz CT molecular complexity index is 1070. The van der Waals surface area contributed by atoms with Gasteiger partial charge in [0.15, 0.2) is 0 Å². The van der Waals surface area contributed by atoms with Crippen molar-refractivity contribution in [2.45, 2.75) is 40.3 Å². The van der Waals surface area contributed by atoms with Crippen LogP contribution in [0, 0.1) is 19.7 Å². The first-order valence-corrected chi connectivity index (χ1v) is 9.27. The Morgan fingerprint density at radius 3 is 2.59 bits per heavy atom. The molecule has 0 saturated heterocycles. The molecular formula is C22H23FNO3+. The molecule has 1 N–H and O–H groups in total. The molecule has 3 aromatic rings. The van der Waals surface area contributed by atoms with Crippen LogP contribution in [0.2, 0.25) is 0 Å². The number of quaternary nitrogens is 1. The fourth-order valence-corrected chi connectivity index (χ4v) is 3.97. The topological polar surface area (TPSA) is 43.9 Å². The van der Waals surface area contributed by atoms with Crippen molar-refractivity contribution in [3.63, 3.8) is 0 Å². The summed E-state index contributed by atoms with van der Waals surface area (Å²) in [6.45, 7) is 7.99. The van der Waals surface area contributed by atoms with Gasteiger partial charge in [-0.25, -0.2) is 9.18 Å². The summed E-state index contributed by atoms with van der Waals surface area (Å²) in [5, 5.41) is 0.981. The molecule has 0 bridgehead atoms. The van der Waals surface area contributed by atoms with Crippen LogP contribution < -0.4 is 15.3 Å². The van der Waals surface area contributed by atoms with E-state index < -0.39 is 0 Å². The number of nitrogens with one attached hydrogen (secondary N) is 1. The first-order chi connectivity index (χ1) is 13.0. The molecule has 2 heterocycles. The summed E-state index contributed by atoms with van der Waals surface area (Å²) in [4.78, 5) is 13.5. The number of hydrogen-bond donors (Lipinski definition) is 1. The highest BCUT2D eigenvalue weighted by atomic mass is 19.1. The van der Waals surface area contributed by atoms with Crippen LogP contribution in [0.1, 0.15) is 34.7 Å². The highest BCUT2D eigenvalue weighted by Gasteiger charge is 2.25. The Balaban J connectivity index is 1.72. The number of ether oxygens (including phenoxy) is 1. The van der Waals surface area contributed by atoms with Gasteiger partial charge in [-0.1, -0.05) is 19.1 Å². The van der Waals surface area contributed by atoms with E-state index in [4.69, 9.17) is 9.15 Å². The molecule has 1 aliphatic heterocycles. The van der Waals surface area contributed by atoms with Crippen LogP contribution in [0.15, 0.2) is 39.5 Å². The smallest absolute Gasteiger partial charge is 0.339 e. The number of halogens is 1. The second-order valence-corrected chi connectivity index (χ2v) is 7.23. The summed E-state index contributed by atoms with van der Waals surface area (Å²) >= 11 is 0. The Hall–Kier alpha value is -2.66. The van der Waals surface area contributed by atoms with Crippen molar-refractivity contribution in [2.24, 2.45) is 0 Å². The Morgan fingerprint density at radius 2 is 1.89 bits per heavy atom. The first kappa shape index (κ1) is 17.7. The molecule has 0 aliphatic carbocycles. The zero-order chi connectivity index (χ0) is 19.1. The average Bonchev–Trinajstić information content (AvgIpc) is 2.65. The van der Waals surface area contributed by atoms with Crippen LogP contribution in [0.4, 0.5) is 4.39 Å². The van der Waals surface area contributed by atoms with E-state index in [0.29, 0.717) is 18.7 Å². The lowest BCUT2D eigenvalue weighted by molar-refractivity contribution is -0.945. The van der Waals surface area contributed by atoms with Crippen molar-refractivity contribution >= 4 is 11.0 Å². The first-order valence-electron chi connectivity index (χ1n) is 9.27. The third-order valence-electron chi connectivity index (χ3n) is 5.42. The van der Waals surface area contributed by atoms with E-state index in [1.807, 2.05) is 32.9 Å². The second kappa shape index (κ2) is 6.82. The molecule has 0 spiro atoms. The van der Waals surface area contributed by atoms with Gasteiger partial charge in [-0.3, -0.25) is 4.90 Å². The van der Waals surface area contributed by atoms with Crippen molar-refractivity contribution in [1.82, 2.24) is 0 Å². The van der Waals surface area contributed by atoms with Crippen LogP contribution in [-0.4, -0.2) is 6.73 Å². The molecule has 5 heteroatoms. The predicted octanol–water partition coefficient (Wildman–Crippen LogP) is 3.05. The second-order valence-electron chi connectivity index (χ2n) is 7.23. The molecule has 0 fully saturated rings. The van der Waals surface area contributed by atoms with Crippen molar-refractivity contribution in [1.29, 1.82) is 0 Å². The lowest BCUT2D eigenvalue weighted by Crippen LogP contribution is -3.10. The zero-order valence-electron chi connectivity index (χ0n) is 15.8. The highest BCUT2D eigenvalue weighted by Crippen LogP contribution is 2.34. The minimum Gasteiger partial charge on any atom is -0.444 e. The molecule has 0 amide bonds. The summed E-state index contributed by atoms with van der Waals surface area (Å²) < 4.78 is 24.8. The molecule has 4 rings (SSSR count). The minimum atomic E-state index is -0.259. The molecule has 0 radical (unpaired) electrons. The zero-order valence-corrected chi connectivity index (χ0v) is 15.8. The maximum absolute atomic E-state index is 13.1. The molecule has 27 heavy (non-hydrogen) atoms. The van der Waals surface area contributed by atoms with Crippen LogP contribution in [0.25, 0.3) is 11.0 Å². The van der Waals surface area contributed by atoms with Gasteiger partial charge in [-0.05, 0) is 44.0 Å². The molecule has 1 atom stereocenters. The van der Waals surface area contributed by atoms with Gasteiger partial charge in [0, 0.05) is 27.6 Å². The maximum Gasteiger partial charge on any atom is 0.339 e. The quantitative estimate of drug-likeness (QED) is 0.723. The van der Waals surface area contributed by atoms with Gasteiger partial charge in [-0.15, -0.1) is 0 Å². The standard InChI is InChI=1S/C22H22FNO3/c1-4-18-13(2)19-9-16-11-24(10-15-5-7-17(23)8-6-15)12-26-20(16)14(3)21(19)27-22(18)25/h5-9H,4,10-12H2,1-3H3/p+1. The summed E-state index contributed by atoms with van der Waals surface area (Å²) in [5.74, 6) is 0.594. The van der Waals surface area contributed by atoms with Gasteiger partial charge in [0.1, 0.15) is 30.2 Å². The monoisotopic (exact) mass is 368 g/mol. The van der Waals surface area contributed by atoms with E-state index in [9.17, 15) is 9.18 Å². The number of benzene rings is 2. The summed E-state index contributed by atoms with van der Waals surface area (Å²) in [5.41, 5.74) is 5.15. The van der Waals surface area contributed by atoms with Crippen molar-refractivity contribution in [3.8, 4) is 5.75 Å². The number of hydrogen-bond acceptors (Lipinski definition) is 3. The Kier molecular flexibility index (Phi) is 4.48. The minimum absolute atomic E-state index is 0.222. The molecule has 2 aromatic carbocycles. The van der Waals surface area contributed by atoms with E-state index in [1.165, 1.54) is 17.0 Å². The Labute approximate surface area is 157 Å². The number of fused-ring (bicyclic) bond motifs is 2. The van der Waals surface area contributed by atoms with E-state index in [2.05, 4.69) is 6.07 Å². The van der Waals surface area contributed by atoms with Crippen molar-refractivity contribution in [3.05, 3.63) is 74.4 Å². The Morgan fingerprint density at radius 1 is 1.15 bits per heavy atom. The SMILES string of the molecule is CCc1c(C)c2cc3c(c(C)c2oc1=O)OC[NH+](Cc1ccc(F)cc1)C3. The molecule has 4 nitrogen and oxygen atoms in total. The molecule has 1 unspecified atom stereocenters. The molecule has 140 valence electrons. The van der Waals surface area contributed by atoms with Gasteiger partial charge in [0.2, 0.25) is 6.73 Å². The van der Waals surface area contributed by atoms with Gasteiger partial charge in [0.05, 0.1) is 0 Å². The fourth-order valence-electron chi connectivity index (χ4n) is 3.97. The lowest BCUT2D eigenvalue weighted by atomic mass is 9.98. The third-order valence-corrected chi connectivity index (χ3v) is 5.42. The molecule has 0 saturated carbocycles. The number of rotatable bonds is 3. The van der Waals surface area contributed by atoms with Crippen LogP contribution in [-0.2, 0) is 19.5 Å². The van der Waals surface area contributed by atoms with E-state index in [1.54, 1.807) is 0 Å². The fraction of sp³-hybridized carbons (Fsp3) is 0.318. The highest BCUT2D eigenvalue weighted by molar-refractivity contribution is 5.87. The summed E-state index contributed by atoms with van der Waals surface area (Å²) in [6.07, 6.45) is 0.651. The molecular weight excluding hydrogens is 345 g/mol. The van der Waals surface area contributed by atoms with Gasteiger partial charge in [0.25, 0.3) is 0 Å². The number of aryl methyl sites for hydroxylation is 2. The van der Waals surface area contributed by atoms with E-state index in [0.717, 1.165) is 52.0 Å². The van der Waals surface area contributed by atoms with Crippen molar-refractivity contribution in [2.75, 3.05) is 6.73 Å². The molecule has 1 aliphatic rings. The predicted molar refractivity (Wildman–Crippen MR) is 102 cm³/mol. The van der Waals surface area contributed by atoms with Crippen molar-refractivity contribution < 1.29 is 18.4 Å². The van der Waals surface area contributed by atoms with E-state index >= 15 is 0 Å².